The number of aromatic amines is 1. The van der Waals surface area contributed by atoms with Crippen LogP contribution in [-0.2, 0) is 7.05 Å². The zero-order valence-electron chi connectivity index (χ0n) is 14.1. The van der Waals surface area contributed by atoms with Gasteiger partial charge in [0.1, 0.15) is 11.6 Å². The third-order valence-corrected chi connectivity index (χ3v) is 4.36. The van der Waals surface area contributed by atoms with Crippen LogP contribution in [0.15, 0.2) is 47.5 Å². The number of fused-ring (bicyclic) bond motifs is 2. The van der Waals surface area contributed by atoms with E-state index in [1.54, 1.807) is 0 Å². The summed E-state index contributed by atoms with van der Waals surface area (Å²) in [6.45, 7) is 2.09. The molecule has 4 aromatic rings. The van der Waals surface area contributed by atoms with E-state index in [0.717, 1.165) is 33.7 Å². The third kappa shape index (κ3) is 2.59. The molecule has 0 aliphatic carbocycles. The Balaban J connectivity index is 1.77. The number of hydrogen-bond acceptors (Lipinski definition) is 3. The van der Waals surface area contributed by atoms with Crippen molar-refractivity contribution in [1.82, 2.24) is 19.5 Å². The summed E-state index contributed by atoms with van der Waals surface area (Å²) in [5.74, 6) is 1.88. The number of hydrogen-bond donors (Lipinski definition) is 3. The van der Waals surface area contributed by atoms with Crippen LogP contribution >= 0.6 is 0 Å². The van der Waals surface area contributed by atoms with Crippen molar-refractivity contribution in [2.24, 2.45) is 23.5 Å². The second kappa shape index (κ2) is 5.62. The van der Waals surface area contributed by atoms with E-state index >= 15 is 0 Å². The van der Waals surface area contributed by atoms with Gasteiger partial charge in [0, 0.05) is 7.05 Å². The Morgan fingerprint density at radius 1 is 1.12 bits per heavy atom. The van der Waals surface area contributed by atoms with Gasteiger partial charge < -0.3 is 21.0 Å². The minimum atomic E-state index is 0.0244. The second-order valence-corrected chi connectivity index (χ2v) is 6.10. The van der Waals surface area contributed by atoms with Crippen molar-refractivity contribution in [3.63, 3.8) is 0 Å². The lowest BCUT2D eigenvalue weighted by molar-refractivity contribution is 0.722. The molecular weight excluding hydrogens is 314 g/mol. The van der Waals surface area contributed by atoms with Crippen molar-refractivity contribution in [1.29, 1.82) is 0 Å². The lowest BCUT2D eigenvalue weighted by atomic mass is 10.1. The molecule has 2 aromatic heterocycles. The Kier molecular flexibility index (Phi) is 3.42. The van der Waals surface area contributed by atoms with Crippen LogP contribution < -0.4 is 11.5 Å². The number of aryl methyl sites for hydroxylation is 1. The first-order chi connectivity index (χ1) is 12.0. The van der Waals surface area contributed by atoms with Gasteiger partial charge >= 0.3 is 0 Å². The number of aliphatic imine (C=N–C) groups is 1. The predicted octanol–water partition coefficient (Wildman–Crippen LogP) is 2.51. The van der Waals surface area contributed by atoms with Gasteiger partial charge in [-0.1, -0.05) is 12.1 Å². The minimum absolute atomic E-state index is 0.0244. The van der Waals surface area contributed by atoms with Crippen molar-refractivity contribution in [3.8, 4) is 0 Å². The number of nitrogens with two attached hydrogens (primary N) is 2. The smallest absolute Gasteiger partial charge is 0.191 e. The van der Waals surface area contributed by atoms with Gasteiger partial charge in [0.25, 0.3) is 0 Å². The van der Waals surface area contributed by atoms with E-state index in [1.807, 2.05) is 43.4 Å². The Morgan fingerprint density at radius 2 is 1.92 bits per heavy atom. The summed E-state index contributed by atoms with van der Waals surface area (Å²) in [4.78, 5) is 16.9. The molecule has 7 nitrogen and oxygen atoms in total. The molecule has 7 heteroatoms. The standard InChI is InChI=1S/C18H19N7/c1-10(17-24-13-5-3-4-6-15(13)25(17)2)16-22-12-8-7-11(21-18(19)20)9-14(12)23-16/h3-10H,1-2H3,(H,22,23)(H4,19,20,21). The van der Waals surface area contributed by atoms with E-state index in [9.17, 15) is 0 Å². The molecule has 0 saturated carbocycles. The average Bonchev–Trinajstić information content (AvgIpc) is 3.15. The molecule has 2 heterocycles. The molecule has 126 valence electrons. The number of nitrogens with zero attached hydrogens (tertiary/aromatic N) is 4. The maximum absolute atomic E-state index is 5.44. The maximum Gasteiger partial charge on any atom is 0.191 e. The van der Waals surface area contributed by atoms with Crippen LogP contribution in [0.25, 0.3) is 22.1 Å². The fourth-order valence-electron chi connectivity index (χ4n) is 3.11. The van der Waals surface area contributed by atoms with Crippen molar-refractivity contribution in [2.45, 2.75) is 12.8 Å². The van der Waals surface area contributed by atoms with Gasteiger partial charge in [0.2, 0.25) is 0 Å². The molecule has 1 atom stereocenters. The lowest BCUT2D eigenvalue weighted by Crippen LogP contribution is -2.21. The fraction of sp³-hybridized carbons (Fsp3) is 0.167. The van der Waals surface area contributed by atoms with Crippen LogP contribution in [0.5, 0.6) is 0 Å². The fourth-order valence-corrected chi connectivity index (χ4v) is 3.11. The number of rotatable bonds is 3. The lowest BCUT2D eigenvalue weighted by Gasteiger charge is -2.08. The topological polar surface area (TPSA) is 111 Å². The van der Waals surface area contributed by atoms with Gasteiger partial charge in [-0.05, 0) is 37.3 Å². The number of imidazole rings is 2. The van der Waals surface area contributed by atoms with Crippen LogP contribution in [0.2, 0.25) is 0 Å². The molecule has 0 aliphatic heterocycles. The number of aromatic nitrogens is 4. The number of nitrogens with one attached hydrogen (secondary N) is 1. The molecule has 0 saturated heterocycles. The zero-order chi connectivity index (χ0) is 17.6. The van der Waals surface area contributed by atoms with E-state index in [-0.39, 0.29) is 11.9 Å². The zero-order valence-corrected chi connectivity index (χ0v) is 14.1. The van der Waals surface area contributed by atoms with Gasteiger partial charge in [0.05, 0.1) is 33.7 Å². The normalized spacial score (nSPS) is 12.6. The van der Waals surface area contributed by atoms with E-state index in [4.69, 9.17) is 21.4 Å². The number of H-pyrrole nitrogens is 1. The summed E-state index contributed by atoms with van der Waals surface area (Å²) in [5.41, 5.74) is 15.4. The van der Waals surface area contributed by atoms with Crippen LogP contribution in [0.3, 0.4) is 0 Å². The Labute approximate surface area is 144 Å². The first kappa shape index (κ1) is 15.2. The highest BCUT2D eigenvalue weighted by Crippen LogP contribution is 2.27. The summed E-state index contributed by atoms with van der Waals surface area (Å²) in [6.07, 6.45) is 0. The van der Waals surface area contributed by atoms with Gasteiger partial charge in [-0.25, -0.2) is 15.0 Å². The van der Waals surface area contributed by atoms with E-state index in [0.29, 0.717) is 5.69 Å². The molecule has 5 N–H and O–H groups in total. The first-order valence-corrected chi connectivity index (χ1v) is 8.03. The Bertz CT molecular complexity index is 1100. The van der Waals surface area contributed by atoms with Gasteiger partial charge in [-0.3, -0.25) is 0 Å². The highest BCUT2D eigenvalue weighted by atomic mass is 15.1. The largest absolute Gasteiger partial charge is 0.370 e. The number of para-hydroxylation sites is 2. The van der Waals surface area contributed by atoms with Crippen LogP contribution in [0.4, 0.5) is 5.69 Å². The number of guanidine groups is 1. The summed E-state index contributed by atoms with van der Waals surface area (Å²) in [7, 11) is 2.03. The minimum Gasteiger partial charge on any atom is -0.370 e. The van der Waals surface area contributed by atoms with Gasteiger partial charge in [-0.15, -0.1) is 0 Å². The SMILES string of the molecule is CC(c1nc2ccc(N=C(N)N)cc2[nH]1)c1nc2ccccc2n1C. The van der Waals surface area contributed by atoms with Crippen molar-refractivity contribution >= 4 is 33.7 Å². The van der Waals surface area contributed by atoms with Crippen molar-refractivity contribution in [2.75, 3.05) is 0 Å². The maximum atomic E-state index is 5.44. The Morgan fingerprint density at radius 3 is 2.68 bits per heavy atom. The van der Waals surface area contributed by atoms with E-state index < -0.39 is 0 Å². The van der Waals surface area contributed by atoms with Crippen LogP contribution in [0, 0.1) is 0 Å². The predicted molar refractivity (Wildman–Crippen MR) is 99.8 cm³/mol. The highest BCUT2D eigenvalue weighted by Gasteiger charge is 2.19. The molecule has 25 heavy (non-hydrogen) atoms. The molecule has 0 radical (unpaired) electrons. The van der Waals surface area contributed by atoms with E-state index in [2.05, 4.69) is 27.5 Å². The highest BCUT2D eigenvalue weighted by molar-refractivity contribution is 5.83. The quantitative estimate of drug-likeness (QED) is 0.395. The van der Waals surface area contributed by atoms with Gasteiger partial charge in [-0.2, -0.15) is 0 Å². The molecule has 0 bridgehead atoms. The van der Waals surface area contributed by atoms with Crippen LogP contribution in [-0.4, -0.2) is 25.5 Å². The molecule has 4 rings (SSSR count). The molecule has 0 amide bonds. The molecule has 2 aromatic carbocycles. The number of benzene rings is 2. The summed E-state index contributed by atoms with van der Waals surface area (Å²) >= 11 is 0. The Hall–Kier alpha value is -3.35. The van der Waals surface area contributed by atoms with Crippen molar-refractivity contribution in [3.05, 3.63) is 54.1 Å². The van der Waals surface area contributed by atoms with Crippen LogP contribution in [0.1, 0.15) is 24.5 Å². The summed E-state index contributed by atoms with van der Waals surface area (Å²) in [6, 6.07) is 13.7. The second-order valence-electron chi connectivity index (χ2n) is 6.10. The molecule has 0 aliphatic rings. The molecular formula is C18H19N7. The summed E-state index contributed by atoms with van der Waals surface area (Å²) in [5, 5.41) is 0. The van der Waals surface area contributed by atoms with Crippen molar-refractivity contribution < 1.29 is 0 Å². The molecule has 0 fully saturated rings. The summed E-state index contributed by atoms with van der Waals surface area (Å²) < 4.78 is 2.11. The van der Waals surface area contributed by atoms with Gasteiger partial charge in [0.15, 0.2) is 5.96 Å². The monoisotopic (exact) mass is 333 g/mol. The molecule has 1 unspecified atom stereocenters. The first-order valence-electron chi connectivity index (χ1n) is 8.03. The third-order valence-electron chi connectivity index (χ3n) is 4.36. The average molecular weight is 333 g/mol. The molecule has 0 spiro atoms. The van der Waals surface area contributed by atoms with E-state index in [1.165, 1.54) is 0 Å².